The number of esters is 2. The predicted octanol–water partition coefficient (Wildman–Crippen LogP) is 16.2. The highest BCUT2D eigenvalue weighted by molar-refractivity contribution is 7.91. The lowest BCUT2D eigenvalue weighted by Gasteiger charge is -2.32. The second-order valence-corrected chi connectivity index (χ2v) is 43.3. The maximum Gasteiger partial charge on any atom is 0.307 e. The molecular weight excluding hydrogens is 1680 g/mol. The number of ether oxygens (including phenoxy) is 8. The summed E-state index contributed by atoms with van der Waals surface area (Å²) in [6, 6.07) is 21.4. The first-order chi connectivity index (χ1) is 60.3. The molecule has 6 aromatic rings. The molecule has 6 fully saturated rings. The number of aromatic nitrogens is 2. The molecule has 2 saturated heterocycles. The molecule has 0 radical (unpaired) electrons. The van der Waals surface area contributed by atoms with E-state index in [1.165, 1.54) is 21.9 Å². The lowest BCUT2D eigenvalue weighted by atomic mass is 9.82. The zero-order valence-corrected chi connectivity index (χ0v) is 77.9. The number of Topliss-reactive ketones (excluding diaryl/α,β-unsaturated/α-hetero) is 2. The molecule has 0 unspecified atom stereocenters. The van der Waals surface area contributed by atoms with Crippen molar-refractivity contribution in [1.82, 2.24) is 29.2 Å². The number of allylic oxidation sites excluding steroid dienone is 4. The summed E-state index contributed by atoms with van der Waals surface area (Å²) in [7, 11) is -4.71. The van der Waals surface area contributed by atoms with E-state index >= 15 is 18.4 Å². The Morgan fingerprint density at radius 2 is 0.891 bits per heavy atom. The number of hydrogen-bond acceptors (Lipinski definition) is 22. The zero-order chi connectivity index (χ0) is 92.6. The second-order valence-electron chi connectivity index (χ2n) is 39.4. The summed E-state index contributed by atoms with van der Waals surface area (Å²) in [4.78, 5) is 128. The van der Waals surface area contributed by atoms with E-state index in [4.69, 9.17) is 47.9 Å². The van der Waals surface area contributed by atoms with Gasteiger partial charge in [-0.25, -0.2) is 35.6 Å². The van der Waals surface area contributed by atoms with E-state index in [1.807, 2.05) is 78.0 Å². The number of sulfonamides is 2. The van der Waals surface area contributed by atoms with Crippen molar-refractivity contribution in [2.45, 2.75) is 271 Å². The average molecular weight is 1810 g/mol. The molecule has 2 aromatic heterocycles. The summed E-state index contributed by atoms with van der Waals surface area (Å²) in [5.41, 5.74) is -2.49. The molecule has 30 heteroatoms. The lowest BCUT2D eigenvalue weighted by Crippen LogP contribution is -2.47. The van der Waals surface area contributed by atoms with Crippen LogP contribution in [0.3, 0.4) is 0 Å². The number of halogens is 2. The third-order valence-corrected chi connectivity index (χ3v) is 29.3. The number of rotatable bonds is 22. The molecule has 4 aliphatic carbocycles. The van der Waals surface area contributed by atoms with Crippen molar-refractivity contribution in [3.05, 3.63) is 121 Å². The first kappa shape index (κ1) is 95.5. The van der Waals surface area contributed by atoms with Gasteiger partial charge in [-0.3, -0.25) is 47.8 Å². The van der Waals surface area contributed by atoms with Crippen molar-refractivity contribution >= 4 is 88.7 Å². The van der Waals surface area contributed by atoms with Crippen molar-refractivity contribution in [1.29, 1.82) is 0 Å². The number of benzene rings is 4. The molecule has 0 bridgehead atoms. The monoisotopic (exact) mass is 1810 g/mol. The van der Waals surface area contributed by atoms with Crippen LogP contribution in [-0.2, 0) is 67.9 Å². The third-order valence-electron chi connectivity index (χ3n) is 25.7. The maximum atomic E-state index is 15.3. The fourth-order valence-electron chi connectivity index (χ4n) is 18.6. The number of pyridine rings is 2. The number of methoxy groups -OCH3 is 2. The molecule has 4 amide bonds. The van der Waals surface area contributed by atoms with E-state index < -0.39 is 147 Å². The van der Waals surface area contributed by atoms with Crippen LogP contribution in [0, 0.1) is 69.8 Å². The van der Waals surface area contributed by atoms with Gasteiger partial charge in [0, 0.05) is 47.6 Å². The summed E-state index contributed by atoms with van der Waals surface area (Å²) >= 11 is 0. The van der Waals surface area contributed by atoms with Crippen LogP contribution in [0.2, 0.25) is 0 Å². The van der Waals surface area contributed by atoms with Gasteiger partial charge in [0.1, 0.15) is 34.9 Å². The van der Waals surface area contributed by atoms with Gasteiger partial charge >= 0.3 is 11.9 Å². The summed E-state index contributed by atoms with van der Waals surface area (Å²) < 4.78 is 135. The Morgan fingerprint density at radius 3 is 1.23 bits per heavy atom. The largest absolute Gasteiger partial charge is 0.497 e. The number of carbonyl (C=O) groups is 8. The highest BCUT2D eigenvalue weighted by Crippen LogP contribution is 2.59. The van der Waals surface area contributed by atoms with E-state index in [1.54, 1.807) is 116 Å². The summed E-state index contributed by atoms with van der Waals surface area (Å²) in [6.07, 6.45) is 11.5. The van der Waals surface area contributed by atoms with Crippen molar-refractivity contribution in [2.75, 3.05) is 27.3 Å². The number of carbonyl (C=O) groups excluding carboxylic acids is 8. The summed E-state index contributed by atoms with van der Waals surface area (Å²) in [5.74, 6) is -6.11. The van der Waals surface area contributed by atoms with Crippen LogP contribution in [-0.4, -0.2) is 169 Å². The van der Waals surface area contributed by atoms with E-state index in [-0.39, 0.29) is 135 Å². The SMILES string of the molecule is COc1ccc2c(O[C@@H]3C[C@H]4C(=O)C[C@]5(C(=O)NS(=O)(=O)C6CC6)C[C@H]5/C=C\CC[C@@H](C)C[C@@H](C)[C@H](CC(=O)OC(C)(C)C)C(=O)N4C3)nc(-c3ccc(OC(C)C)c(F)c3)cc2c1.COc1ccc2c(O[C@@H]3C[C@H]4C(=O)C[C@]5(C(=O)NS(=O)(=O)C6CC6)C[C@H]5/C=C\CC[C@H](C)C[C@@H](C)[C@H](CC(=O)OC(C)(C)C)C(=O)N4C3)nc(-c3ccc(OC(C)C)c(F)c3)cc2c1. The Kier molecular flexibility index (Phi) is 28.7. The Labute approximate surface area is 749 Å². The van der Waals surface area contributed by atoms with E-state index in [0.29, 0.717) is 107 Å². The summed E-state index contributed by atoms with van der Waals surface area (Å²) in [5, 5.41) is 1.32. The Morgan fingerprint density at radius 1 is 0.516 bits per heavy atom. The molecule has 14 rings (SSSR count). The Hall–Kier alpha value is -10.1. The van der Waals surface area contributed by atoms with Gasteiger partial charge in [0.15, 0.2) is 34.7 Å². The number of nitrogens with one attached hydrogen (secondary N) is 2. The van der Waals surface area contributed by atoms with Gasteiger partial charge in [0.2, 0.25) is 55.4 Å². The predicted molar refractivity (Wildman–Crippen MR) is 479 cm³/mol. The number of amides is 4. The van der Waals surface area contributed by atoms with Crippen LogP contribution in [0.25, 0.3) is 44.1 Å². The smallest absolute Gasteiger partial charge is 0.307 e. The van der Waals surface area contributed by atoms with Crippen molar-refractivity contribution in [3.8, 4) is 57.3 Å². The van der Waals surface area contributed by atoms with Crippen molar-refractivity contribution in [2.24, 2.45) is 58.2 Å². The molecule has 2 N–H and O–H groups in total. The molecule has 0 spiro atoms. The molecular formula is C98H124F2N6O20S2. The van der Waals surface area contributed by atoms with Crippen LogP contribution in [0.5, 0.6) is 34.8 Å². The van der Waals surface area contributed by atoms with Gasteiger partial charge in [-0.2, -0.15) is 0 Å². The molecule has 128 heavy (non-hydrogen) atoms. The minimum atomic E-state index is -3.91. The zero-order valence-electron chi connectivity index (χ0n) is 76.3. The normalized spacial score (nSPS) is 27.2. The van der Waals surface area contributed by atoms with Crippen molar-refractivity contribution in [3.63, 3.8) is 0 Å². The molecule has 692 valence electrons. The first-order valence-corrected chi connectivity index (χ1v) is 48.2. The number of nitrogens with zero attached hydrogens (tertiary/aromatic N) is 4. The minimum absolute atomic E-state index is 0.0342. The molecule has 6 heterocycles. The van der Waals surface area contributed by atoms with Gasteiger partial charge in [-0.15, -0.1) is 0 Å². The Balaban J connectivity index is 0.000000219. The van der Waals surface area contributed by atoms with Crippen LogP contribution in [0.15, 0.2) is 109 Å². The van der Waals surface area contributed by atoms with Crippen LogP contribution >= 0.6 is 0 Å². The summed E-state index contributed by atoms with van der Waals surface area (Å²) in [6.45, 7) is 25.9. The highest BCUT2D eigenvalue weighted by atomic mass is 32.2. The molecule has 4 aliphatic heterocycles. The van der Waals surface area contributed by atoms with E-state index in [0.717, 1.165) is 12.8 Å². The maximum absolute atomic E-state index is 15.3. The molecule has 26 nitrogen and oxygen atoms in total. The fourth-order valence-corrected chi connectivity index (χ4v) is 21.3. The van der Waals surface area contributed by atoms with E-state index in [2.05, 4.69) is 23.3 Å². The first-order valence-electron chi connectivity index (χ1n) is 45.1. The second kappa shape index (κ2) is 38.5. The van der Waals surface area contributed by atoms with Gasteiger partial charge in [-0.05, 0) is 277 Å². The topological polar surface area (TPSA) is 335 Å². The van der Waals surface area contributed by atoms with Crippen LogP contribution in [0.4, 0.5) is 8.78 Å². The number of ketones is 2. The molecule has 8 aliphatic rings. The lowest BCUT2D eigenvalue weighted by molar-refractivity contribution is -0.160. The van der Waals surface area contributed by atoms with E-state index in [9.17, 15) is 45.6 Å². The molecule has 14 atom stereocenters. The standard InChI is InChI=1S/2C49H62FN3O10S/c2*1-28(2)61-43-18-13-31(21-39(43)50)40-22-32-20-34(60-8)14-17-37(32)45(51-40)62-35-23-41-42(54)26-49(47(57)52-64(58,59)36-15-16-36)25-33(49)12-10-9-11-29(3)19-30(4)38(46(56)53(41)27-35)24-44(55)63-48(5,6)7/h2*10,12-14,17-18,20-22,28-30,33,35-36,38,41H,9,11,15-16,19,23-27H2,1-8H3,(H,52,57)/b2*12-10-/t29-,30+,33+,35+,38-,41-,49+;29-,30-,33-,35-,38+,41+,49-/m01/s1. The molecule has 4 saturated carbocycles. The van der Waals surface area contributed by atoms with Crippen LogP contribution in [0.1, 0.15) is 213 Å². The number of hydrogen-bond donors (Lipinski definition) is 2. The third kappa shape index (κ3) is 23.0. The fraction of sp³-hybridized carbons (Fsp3) is 0.571. The van der Waals surface area contributed by atoms with Gasteiger partial charge in [0.25, 0.3) is 0 Å². The number of fused-ring (bicyclic) bond motifs is 6. The highest BCUT2D eigenvalue weighted by Gasteiger charge is 2.64. The molecule has 4 aromatic carbocycles. The average Bonchev–Trinajstić information content (AvgIpc) is 1.57. The van der Waals surface area contributed by atoms with Gasteiger partial charge in [0.05, 0.1) is 109 Å². The van der Waals surface area contributed by atoms with Crippen LogP contribution < -0.4 is 37.9 Å². The van der Waals surface area contributed by atoms with Gasteiger partial charge in [-0.1, -0.05) is 52.0 Å². The minimum Gasteiger partial charge on any atom is -0.497 e. The van der Waals surface area contributed by atoms with Gasteiger partial charge < -0.3 is 47.7 Å². The Bertz CT molecular complexity index is 5190. The van der Waals surface area contributed by atoms with Crippen molar-refractivity contribution < 1.29 is 102 Å². The quantitative estimate of drug-likeness (QED) is 0.0471.